The monoisotopic (exact) mass is 356 g/mol. The molecule has 1 aliphatic heterocycles. The van der Waals surface area contributed by atoms with E-state index in [9.17, 15) is 4.79 Å². The highest BCUT2D eigenvalue weighted by Gasteiger charge is 2.21. The maximum atomic E-state index is 12.8. The molecule has 3 heterocycles. The van der Waals surface area contributed by atoms with Gasteiger partial charge in [0.15, 0.2) is 0 Å². The van der Waals surface area contributed by atoms with Gasteiger partial charge in [0.2, 0.25) is 5.95 Å². The summed E-state index contributed by atoms with van der Waals surface area (Å²) in [5.74, 6) is 1.43. The summed E-state index contributed by atoms with van der Waals surface area (Å²) in [4.78, 5) is 31.5. The quantitative estimate of drug-likeness (QED) is 0.842. The number of pyridine rings is 1. The lowest BCUT2D eigenvalue weighted by atomic mass is 10.2. The molecule has 0 spiro atoms. The molecule has 8 heteroatoms. The van der Waals surface area contributed by atoms with Crippen LogP contribution in [0.25, 0.3) is 0 Å². The van der Waals surface area contributed by atoms with Gasteiger partial charge in [-0.15, -0.1) is 0 Å². The van der Waals surface area contributed by atoms with Crippen molar-refractivity contribution in [3.05, 3.63) is 42.4 Å². The van der Waals surface area contributed by atoms with E-state index in [1.807, 2.05) is 22.9 Å². The summed E-state index contributed by atoms with van der Waals surface area (Å²) in [6.07, 6.45) is 5.94. The topological polar surface area (TPSA) is 85.7 Å². The first kappa shape index (κ1) is 18.1. The molecule has 1 saturated heterocycles. The number of carbonyl (C=O) groups is 1. The molecule has 0 bridgehead atoms. The van der Waals surface area contributed by atoms with Gasteiger partial charge in [-0.3, -0.25) is 4.79 Å². The van der Waals surface area contributed by atoms with Crippen LogP contribution in [0.1, 0.15) is 16.8 Å². The molecule has 1 amide bonds. The van der Waals surface area contributed by atoms with Crippen molar-refractivity contribution in [2.45, 2.75) is 6.42 Å². The third kappa shape index (κ3) is 4.26. The van der Waals surface area contributed by atoms with Crippen LogP contribution in [0.4, 0.5) is 11.8 Å². The van der Waals surface area contributed by atoms with Gasteiger partial charge in [0.25, 0.3) is 5.91 Å². The number of rotatable bonds is 5. The van der Waals surface area contributed by atoms with E-state index in [0.717, 1.165) is 18.8 Å². The first-order chi connectivity index (χ1) is 12.7. The van der Waals surface area contributed by atoms with Gasteiger partial charge in [-0.05, 0) is 24.6 Å². The van der Waals surface area contributed by atoms with Gasteiger partial charge >= 0.3 is 0 Å². The molecule has 8 nitrogen and oxygen atoms in total. The Morgan fingerprint density at radius 2 is 1.96 bits per heavy atom. The molecule has 138 valence electrons. The van der Waals surface area contributed by atoms with Crippen molar-refractivity contribution in [2.75, 3.05) is 56.2 Å². The number of nitrogens with zero attached hydrogens (tertiary/aromatic N) is 6. The largest absolute Gasteiger partial charge is 0.395 e. The van der Waals surface area contributed by atoms with Crippen molar-refractivity contribution in [1.82, 2.24) is 19.9 Å². The van der Waals surface area contributed by atoms with Crippen LogP contribution in [0.5, 0.6) is 0 Å². The van der Waals surface area contributed by atoms with Crippen LogP contribution in [0.2, 0.25) is 0 Å². The molecule has 2 aromatic heterocycles. The number of hydrogen-bond acceptors (Lipinski definition) is 7. The average Bonchev–Trinajstić information content (AvgIpc) is 2.95. The first-order valence-electron chi connectivity index (χ1n) is 8.78. The van der Waals surface area contributed by atoms with Crippen LogP contribution in [-0.2, 0) is 0 Å². The van der Waals surface area contributed by atoms with E-state index in [4.69, 9.17) is 5.11 Å². The Labute approximate surface area is 153 Å². The van der Waals surface area contributed by atoms with Crippen LogP contribution in [0.3, 0.4) is 0 Å². The lowest BCUT2D eigenvalue weighted by Gasteiger charge is -2.22. The minimum atomic E-state index is -0.00955. The van der Waals surface area contributed by atoms with Crippen molar-refractivity contribution in [2.24, 2.45) is 0 Å². The zero-order valence-electron chi connectivity index (χ0n) is 15.0. The van der Waals surface area contributed by atoms with Gasteiger partial charge in [0.05, 0.1) is 12.2 Å². The Morgan fingerprint density at radius 3 is 2.65 bits per heavy atom. The van der Waals surface area contributed by atoms with Gasteiger partial charge in [-0.1, -0.05) is 0 Å². The van der Waals surface area contributed by atoms with E-state index in [-0.39, 0.29) is 12.5 Å². The number of aliphatic hydroxyl groups is 1. The molecule has 0 saturated carbocycles. The highest BCUT2D eigenvalue weighted by molar-refractivity contribution is 5.94. The minimum absolute atomic E-state index is 0.00955. The molecule has 0 aromatic carbocycles. The number of hydrogen-bond donors (Lipinski definition) is 1. The van der Waals surface area contributed by atoms with Crippen LogP contribution < -0.4 is 9.80 Å². The maximum absolute atomic E-state index is 12.8. The summed E-state index contributed by atoms with van der Waals surface area (Å²) in [6, 6.07) is 5.40. The third-order valence-electron chi connectivity index (χ3n) is 4.44. The zero-order valence-corrected chi connectivity index (χ0v) is 15.0. The molecular formula is C18H24N6O2. The van der Waals surface area contributed by atoms with Crippen molar-refractivity contribution in [3.63, 3.8) is 0 Å². The van der Waals surface area contributed by atoms with Crippen molar-refractivity contribution < 1.29 is 9.90 Å². The Balaban J connectivity index is 1.63. The molecule has 0 atom stereocenters. The fourth-order valence-electron chi connectivity index (χ4n) is 2.96. The smallest absolute Gasteiger partial charge is 0.255 e. The second-order valence-electron chi connectivity index (χ2n) is 6.23. The number of aliphatic hydroxyl groups excluding tert-OH is 1. The van der Waals surface area contributed by atoms with Gasteiger partial charge in [0, 0.05) is 58.4 Å². The van der Waals surface area contributed by atoms with Crippen molar-refractivity contribution in [3.8, 4) is 0 Å². The number of aromatic nitrogens is 3. The third-order valence-corrected chi connectivity index (χ3v) is 4.44. The van der Waals surface area contributed by atoms with E-state index >= 15 is 0 Å². The van der Waals surface area contributed by atoms with Gasteiger partial charge < -0.3 is 19.8 Å². The second-order valence-corrected chi connectivity index (χ2v) is 6.23. The SMILES string of the molecule is CN(CCO)c1ccc(C(=O)N2CCCN(c3ncccn3)CC2)cn1. The molecular weight excluding hydrogens is 332 g/mol. The van der Waals surface area contributed by atoms with Crippen molar-refractivity contribution in [1.29, 1.82) is 0 Å². The van der Waals surface area contributed by atoms with Gasteiger partial charge in [-0.25, -0.2) is 15.0 Å². The maximum Gasteiger partial charge on any atom is 0.255 e. The van der Waals surface area contributed by atoms with Crippen LogP contribution in [0.15, 0.2) is 36.8 Å². The minimum Gasteiger partial charge on any atom is -0.395 e. The molecule has 0 unspecified atom stereocenters. The molecule has 1 N–H and O–H groups in total. The first-order valence-corrected chi connectivity index (χ1v) is 8.78. The van der Waals surface area contributed by atoms with Crippen LogP contribution in [-0.4, -0.2) is 77.2 Å². The van der Waals surface area contributed by atoms with E-state index in [0.29, 0.717) is 37.7 Å². The lowest BCUT2D eigenvalue weighted by Crippen LogP contribution is -2.35. The summed E-state index contributed by atoms with van der Waals surface area (Å²) in [6.45, 7) is 3.44. The van der Waals surface area contributed by atoms with E-state index in [2.05, 4.69) is 19.9 Å². The Kier molecular flexibility index (Phi) is 5.96. The fraction of sp³-hybridized carbons (Fsp3) is 0.444. The summed E-state index contributed by atoms with van der Waals surface area (Å²) < 4.78 is 0. The van der Waals surface area contributed by atoms with Gasteiger partial charge in [0.1, 0.15) is 5.82 Å². The Bertz CT molecular complexity index is 709. The molecule has 3 rings (SSSR count). The predicted octanol–water partition coefficient (Wildman–Crippen LogP) is 0.653. The summed E-state index contributed by atoms with van der Waals surface area (Å²) in [7, 11) is 1.86. The lowest BCUT2D eigenvalue weighted by molar-refractivity contribution is 0.0766. The highest BCUT2D eigenvalue weighted by Crippen LogP contribution is 2.14. The number of anilines is 2. The number of amides is 1. The molecule has 26 heavy (non-hydrogen) atoms. The highest BCUT2D eigenvalue weighted by atomic mass is 16.3. The predicted molar refractivity (Wildman–Crippen MR) is 99.4 cm³/mol. The fourth-order valence-corrected chi connectivity index (χ4v) is 2.96. The normalized spacial score (nSPS) is 14.8. The standard InChI is InChI=1S/C18H24N6O2/c1-22(12-13-25)16-5-4-15(14-21-16)17(26)23-8-3-9-24(11-10-23)18-19-6-2-7-20-18/h2,4-7,14,25H,3,8-13H2,1H3. The molecule has 2 aromatic rings. The van der Waals surface area contributed by atoms with Gasteiger partial charge in [-0.2, -0.15) is 0 Å². The number of likely N-dealkylation sites (N-methyl/N-ethyl adjacent to an activating group) is 1. The van der Waals surface area contributed by atoms with Crippen LogP contribution in [0, 0.1) is 0 Å². The Morgan fingerprint density at radius 1 is 1.15 bits per heavy atom. The average molecular weight is 356 g/mol. The van der Waals surface area contributed by atoms with E-state index in [1.165, 1.54) is 0 Å². The van der Waals surface area contributed by atoms with E-state index < -0.39 is 0 Å². The summed E-state index contributed by atoms with van der Waals surface area (Å²) in [5, 5.41) is 9.00. The number of carbonyl (C=O) groups excluding carboxylic acids is 1. The second kappa shape index (κ2) is 8.57. The van der Waals surface area contributed by atoms with Crippen molar-refractivity contribution >= 4 is 17.7 Å². The molecule has 1 aliphatic rings. The Hall–Kier alpha value is -2.74. The zero-order chi connectivity index (χ0) is 18.4. The molecule has 0 radical (unpaired) electrons. The molecule has 0 aliphatic carbocycles. The summed E-state index contributed by atoms with van der Waals surface area (Å²) in [5.41, 5.74) is 0.579. The summed E-state index contributed by atoms with van der Waals surface area (Å²) >= 11 is 0. The molecule has 1 fully saturated rings. The van der Waals surface area contributed by atoms with E-state index in [1.54, 1.807) is 30.7 Å². The van der Waals surface area contributed by atoms with Crippen LogP contribution >= 0.6 is 0 Å².